The summed E-state index contributed by atoms with van der Waals surface area (Å²) in [6, 6.07) is 5.93. The first kappa shape index (κ1) is 16.4. The van der Waals surface area contributed by atoms with Crippen LogP contribution in [0, 0.1) is 0 Å². The Morgan fingerprint density at radius 2 is 2.05 bits per heavy atom. The van der Waals surface area contributed by atoms with Crippen LogP contribution in [0.5, 0.6) is 5.75 Å². The molecule has 0 aliphatic heterocycles. The number of Topliss-reactive ketones (excluding diaryl/α,β-unsaturated/α-hetero) is 1. The van der Waals surface area contributed by atoms with Crippen molar-refractivity contribution in [3.63, 3.8) is 0 Å². The number of carbonyl (C=O) groups is 1. The third-order valence-electron chi connectivity index (χ3n) is 4.27. The molecule has 1 aromatic rings. The highest BCUT2D eigenvalue weighted by molar-refractivity contribution is 6.30. The normalized spacial score (nSPS) is 15.9. The van der Waals surface area contributed by atoms with Gasteiger partial charge in [-0.15, -0.1) is 0 Å². The van der Waals surface area contributed by atoms with Crippen molar-refractivity contribution in [2.45, 2.75) is 64.2 Å². The molecule has 0 radical (unpaired) electrons. The number of rotatable bonds is 7. The highest BCUT2D eigenvalue weighted by Gasteiger charge is 2.19. The quantitative estimate of drug-likeness (QED) is 0.619. The number of carbonyl (C=O) groups excluding carboxylic acids is 1. The minimum absolute atomic E-state index is 0.308. The van der Waals surface area contributed by atoms with Gasteiger partial charge in [0.05, 0.1) is 6.61 Å². The van der Waals surface area contributed by atoms with Crippen LogP contribution in [0.4, 0.5) is 0 Å². The molecule has 0 aromatic heterocycles. The molecule has 0 amide bonds. The number of ether oxygens (including phenoxy) is 1. The van der Waals surface area contributed by atoms with Gasteiger partial charge in [-0.05, 0) is 48.9 Å². The lowest BCUT2D eigenvalue weighted by molar-refractivity contribution is -0.118. The third-order valence-corrected chi connectivity index (χ3v) is 4.50. The van der Waals surface area contributed by atoms with Crippen LogP contribution >= 0.6 is 11.6 Å². The molecule has 116 valence electrons. The van der Waals surface area contributed by atoms with Gasteiger partial charge < -0.3 is 4.74 Å². The summed E-state index contributed by atoms with van der Waals surface area (Å²) in [5.74, 6) is 1.84. The molecule has 0 atom stereocenters. The second kappa shape index (κ2) is 8.43. The maximum Gasteiger partial charge on any atom is 0.132 e. The van der Waals surface area contributed by atoms with E-state index in [-0.39, 0.29) is 0 Å². The Hall–Kier alpha value is -1.02. The lowest BCUT2D eigenvalue weighted by atomic mass is 9.84. The molecule has 0 heterocycles. The summed E-state index contributed by atoms with van der Waals surface area (Å²) in [4.78, 5) is 11.3. The van der Waals surface area contributed by atoms with Gasteiger partial charge in [0.1, 0.15) is 11.5 Å². The summed E-state index contributed by atoms with van der Waals surface area (Å²) in [5.41, 5.74) is 1.25. The Labute approximate surface area is 132 Å². The van der Waals surface area contributed by atoms with Crippen molar-refractivity contribution in [2.75, 3.05) is 6.61 Å². The standard InChI is InChI=1S/C18H25ClO2/c1-2-16(20)9-6-12-21-18-11-10-15(19)13-17(18)14-7-4-3-5-8-14/h10-11,13-14H,2-9,12H2,1H3. The van der Waals surface area contributed by atoms with Crippen LogP contribution in [0.3, 0.4) is 0 Å². The highest BCUT2D eigenvalue weighted by Crippen LogP contribution is 2.38. The van der Waals surface area contributed by atoms with E-state index in [1.807, 2.05) is 19.1 Å². The zero-order chi connectivity index (χ0) is 15.1. The molecule has 21 heavy (non-hydrogen) atoms. The predicted octanol–water partition coefficient (Wildman–Crippen LogP) is 5.53. The molecule has 0 bridgehead atoms. The maximum absolute atomic E-state index is 11.3. The molecule has 1 aliphatic rings. The van der Waals surface area contributed by atoms with E-state index in [4.69, 9.17) is 16.3 Å². The van der Waals surface area contributed by atoms with Gasteiger partial charge in [0.15, 0.2) is 0 Å². The van der Waals surface area contributed by atoms with Gasteiger partial charge in [0, 0.05) is 17.9 Å². The second-order valence-electron chi connectivity index (χ2n) is 5.86. The Balaban J connectivity index is 1.96. The van der Waals surface area contributed by atoms with Crippen LogP contribution in [0.1, 0.15) is 69.8 Å². The first-order valence-corrected chi connectivity index (χ1v) is 8.52. The van der Waals surface area contributed by atoms with Crippen molar-refractivity contribution < 1.29 is 9.53 Å². The topological polar surface area (TPSA) is 26.3 Å². The summed E-state index contributed by atoms with van der Waals surface area (Å²) >= 11 is 6.16. The van der Waals surface area contributed by atoms with Crippen LogP contribution < -0.4 is 4.74 Å². The van der Waals surface area contributed by atoms with Crippen molar-refractivity contribution in [3.8, 4) is 5.75 Å². The van der Waals surface area contributed by atoms with Gasteiger partial charge in [-0.1, -0.05) is 37.8 Å². The SMILES string of the molecule is CCC(=O)CCCOc1ccc(Cl)cc1C1CCCCC1. The van der Waals surface area contributed by atoms with Crippen molar-refractivity contribution in [1.82, 2.24) is 0 Å². The molecule has 3 heteroatoms. The van der Waals surface area contributed by atoms with Crippen molar-refractivity contribution in [2.24, 2.45) is 0 Å². The van der Waals surface area contributed by atoms with Gasteiger partial charge in [-0.25, -0.2) is 0 Å². The van der Waals surface area contributed by atoms with E-state index in [9.17, 15) is 4.79 Å². The van der Waals surface area contributed by atoms with E-state index in [1.54, 1.807) is 0 Å². The summed E-state index contributed by atoms with van der Waals surface area (Å²) in [6.07, 6.45) is 8.40. The van der Waals surface area contributed by atoms with Gasteiger partial charge in [0.25, 0.3) is 0 Å². The first-order chi connectivity index (χ1) is 10.2. The van der Waals surface area contributed by atoms with Crippen LogP contribution in [-0.4, -0.2) is 12.4 Å². The molecule has 0 N–H and O–H groups in total. The lowest BCUT2D eigenvalue weighted by Crippen LogP contribution is -2.08. The summed E-state index contributed by atoms with van der Waals surface area (Å²) in [6.45, 7) is 2.51. The van der Waals surface area contributed by atoms with Crippen molar-refractivity contribution in [1.29, 1.82) is 0 Å². The second-order valence-corrected chi connectivity index (χ2v) is 6.30. The molecule has 0 spiro atoms. The predicted molar refractivity (Wildman–Crippen MR) is 87.3 cm³/mol. The van der Waals surface area contributed by atoms with Crippen LogP contribution in [0.25, 0.3) is 0 Å². The first-order valence-electron chi connectivity index (χ1n) is 8.14. The summed E-state index contributed by atoms with van der Waals surface area (Å²) < 4.78 is 5.93. The smallest absolute Gasteiger partial charge is 0.132 e. The van der Waals surface area contributed by atoms with E-state index < -0.39 is 0 Å². The Morgan fingerprint density at radius 1 is 1.29 bits per heavy atom. The molecule has 0 saturated heterocycles. The highest BCUT2D eigenvalue weighted by atomic mass is 35.5. The number of halogens is 1. The molecule has 1 fully saturated rings. The molecule has 1 aromatic carbocycles. The Kier molecular flexibility index (Phi) is 6.56. The molecular weight excluding hydrogens is 284 g/mol. The molecule has 1 aliphatic carbocycles. The average molecular weight is 309 g/mol. The average Bonchev–Trinajstić information content (AvgIpc) is 2.53. The van der Waals surface area contributed by atoms with E-state index in [2.05, 4.69) is 6.07 Å². The minimum Gasteiger partial charge on any atom is -0.493 e. The zero-order valence-corrected chi connectivity index (χ0v) is 13.6. The van der Waals surface area contributed by atoms with E-state index in [1.165, 1.54) is 37.7 Å². The molecule has 1 saturated carbocycles. The number of benzene rings is 1. The Morgan fingerprint density at radius 3 is 2.76 bits per heavy atom. The molecule has 2 rings (SSSR count). The number of hydrogen-bond donors (Lipinski definition) is 0. The van der Waals surface area contributed by atoms with Gasteiger partial charge in [-0.3, -0.25) is 4.79 Å². The van der Waals surface area contributed by atoms with Crippen molar-refractivity contribution >= 4 is 17.4 Å². The van der Waals surface area contributed by atoms with Gasteiger partial charge in [0.2, 0.25) is 0 Å². The fraction of sp³-hybridized carbons (Fsp3) is 0.611. The van der Waals surface area contributed by atoms with Crippen molar-refractivity contribution in [3.05, 3.63) is 28.8 Å². The molecule has 2 nitrogen and oxygen atoms in total. The molecular formula is C18H25ClO2. The van der Waals surface area contributed by atoms with E-state index in [0.29, 0.717) is 31.1 Å². The van der Waals surface area contributed by atoms with Gasteiger partial charge >= 0.3 is 0 Å². The van der Waals surface area contributed by atoms with Crippen LogP contribution in [-0.2, 0) is 4.79 Å². The minimum atomic E-state index is 0.308. The number of ketones is 1. The third kappa shape index (κ3) is 5.03. The molecule has 0 unspecified atom stereocenters. The monoisotopic (exact) mass is 308 g/mol. The maximum atomic E-state index is 11.3. The Bertz CT molecular complexity index is 464. The van der Waals surface area contributed by atoms with E-state index in [0.717, 1.165) is 17.2 Å². The largest absolute Gasteiger partial charge is 0.493 e. The number of hydrogen-bond acceptors (Lipinski definition) is 2. The summed E-state index contributed by atoms with van der Waals surface area (Å²) in [5, 5.41) is 0.782. The lowest BCUT2D eigenvalue weighted by Gasteiger charge is -2.24. The van der Waals surface area contributed by atoms with Crippen LogP contribution in [0.2, 0.25) is 5.02 Å². The van der Waals surface area contributed by atoms with E-state index >= 15 is 0 Å². The fourth-order valence-corrected chi connectivity index (χ4v) is 3.19. The van der Waals surface area contributed by atoms with Crippen LogP contribution in [0.15, 0.2) is 18.2 Å². The fourth-order valence-electron chi connectivity index (χ4n) is 3.01. The zero-order valence-electron chi connectivity index (χ0n) is 12.9. The summed E-state index contributed by atoms with van der Waals surface area (Å²) in [7, 11) is 0. The van der Waals surface area contributed by atoms with Gasteiger partial charge in [-0.2, -0.15) is 0 Å².